The van der Waals surface area contributed by atoms with E-state index in [0.29, 0.717) is 5.41 Å². The van der Waals surface area contributed by atoms with Crippen LogP contribution >= 0.6 is 22.6 Å². The summed E-state index contributed by atoms with van der Waals surface area (Å²) in [5.74, 6) is 3.11. The zero-order chi connectivity index (χ0) is 8.22. The highest BCUT2D eigenvalue weighted by Gasteiger charge is 2.60. The van der Waals surface area contributed by atoms with Crippen LogP contribution < -0.4 is 0 Å². The fourth-order valence-electron chi connectivity index (χ4n) is 2.82. The van der Waals surface area contributed by atoms with Crippen molar-refractivity contribution in [2.45, 2.75) is 37.5 Å². The van der Waals surface area contributed by atoms with Gasteiger partial charge in [0.1, 0.15) is 0 Å². The van der Waals surface area contributed by atoms with Crippen LogP contribution in [0.3, 0.4) is 0 Å². The van der Waals surface area contributed by atoms with E-state index in [1.165, 1.54) is 12.8 Å². The first-order valence-corrected chi connectivity index (χ1v) is 5.92. The number of halogens is 1. The molecule has 0 aliphatic heterocycles. The van der Waals surface area contributed by atoms with Gasteiger partial charge in [0, 0.05) is 3.92 Å². The van der Waals surface area contributed by atoms with E-state index in [1.807, 2.05) is 0 Å². The van der Waals surface area contributed by atoms with Crippen LogP contribution in [0.5, 0.6) is 0 Å². The van der Waals surface area contributed by atoms with Crippen LogP contribution in [-0.4, -0.2) is 3.92 Å². The summed E-state index contributed by atoms with van der Waals surface area (Å²) in [5.41, 5.74) is 0.703. The molecule has 1 heteroatoms. The molecule has 0 radical (unpaired) electrons. The van der Waals surface area contributed by atoms with Gasteiger partial charge in [-0.2, -0.15) is 0 Å². The van der Waals surface area contributed by atoms with Gasteiger partial charge in [-0.1, -0.05) is 43.4 Å². The van der Waals surface area contributed by atoms with E-state index in [-0.39, 0.29) is 0 Å². The minimum absolute atomic E-state index is 0.703. The third-order valence-corrected chi connectivity index (χ3v) is 5.75. The second-order valence-electron chi connectivity index (χ2n) is 5.00. The Morgan fingerprint density at radius 2 is 1.73 bits per heavy atom. The van der Waals surface area contributed by atoms with Gasteiger partial charge in [-0.15, -0.1) is 0 Å². The van der Waals surface area contributed by atoms with Crippen LogP contribution in [0, 0.1) is 23.2 Å². The van der Waals surface area contributed by atoms with Crippen molar-refractivity contribution in [1.82, 2.24) is 0 Å². The third-order valence-electron chi connectivity index (χ3n) is 4.01. The number of rotatable bonds is 0. The van der Waals surface area contributed by atoms with E-state index >= 15 is 0 Å². The summed E-state index contributed by atoms with van der Waals surface area (Å²) in [4.78, 5) is 0. The van der Waals surface area contributed by atoms with Gasteiger partial charge in [-0.25, -0.2) is 0 Å². The second kappa shape index (κ2) is 2.36. The molecule has 2 fully saturated rings. The highest BCUT2D eigenvalue weighted by atomic mass is 127. The minimum Gasteiger partial charge on any atom is -0.0823 e. The maximum Gasteiger partial charge on any atom is 0.0138 e. The Kier molecular flexibility index (Phi) is 1.79. The molecule has 4 atom stereocenters. The molecule has 0 aromatic heterocycles. The number of hydrogen-bond donors (Lipinski definition) is 0. The normalized spacial score (nSPS) is 53.5. The van der Waals surface area contributed by atoms with Crippen molar-refractivity contribution in [3.8, 4) is 0 Å². The molecule has 64 valence electrons. The standard InChI is InChI=1S/C10H17I/c1-6-4-7-8(5-9(6)11)10(7,2)3/h6-9H,4-5H2,1-3H3. The highest BCUT2D eigenvalue weighted by Crippen LogP contribution is 2.66. The molecule has 4 unspecified atom stereocenters. The van der Waals surface area contributed by atoms with Gasteiger partial charge in [0.2, 0.25) is 0 Å². The van der Waals surface area contributed by atoms with Crippen LogP contribution in [0.1, 0.15) is 33.6 Å². The van der Waals surface area contributed by atoms with Gasteiger partial charge < -0.3 is 0 Å². The van der Waals surface area contributed by atoms with Crippen molar-refractivity contribution < 1.29 is 0 Å². The average molecular weight is 264 g/mol. The van der Waals surface area contributed by atoms with E-state index < -0.39 is 0 Å². The predicted octanol–water partition coefficient (Wildman–Crippen LogP) is 3.49. The molecule has 0 spiro atoms. The lowest BCUT2D eigenvalue weighted by Crippen LogP contribution is -2.17. The molecule has 2 aliphatic carbocycles. The van der Waals surface area contributed by atoms with Gasteiger partial charge >= 0.3 is 0 Å². The Bertz CT molecular complexity index is 156. The first-order valence-electron chi connectivity index (χ1n) is 4.67. The Balaban J connectivity index is 2.07. The SMILES string of the molecule is CC1CC2C(CC1I)C2(C)C. The molecule has 11 heavy (non-hydrogen) atoms. The summed E-state index contributed by atoms with van der Waals surface area (Å²) in [6.45, 7) is 7.31. The van der Waals surface area contributed by atoms with Crippen LogP contribution in [0.4, 0.5) is 0 Å². The lowest BCUT2D eigenvalue weighted by molar-refractivity contribution is 0.389. The summed E-state index contributed by atoms with van der Waals surface area (Å²) in [5, 5.41) is 0. The minimum atomic E-state index is 0.703. The molecule has 0 nitrogen and oxygen atoms in total. The Labute approximate surface area is 83.3 Å². The van der Waals surface area contributed by atoms with E-state index in [1.54, 1.807) is 0 Å². The first kappa shape index (κ1) is 8.33. The molecule has 0 aromatic rings. The predicted molar refractivity (Wildman–Crippen MR) is 57.0 cm³/mol. The molecule has 0 saturated heterocycles. The summed E-state index contributed by atoms with van der Waals surface area (Å²) >= 11 is 2.64. The van der Waals surface area contributed by atoms with Crippen LogP contribution in [0.25, 0.3) is 0 Å². The zero-order valence-electron chi connectivity index (χ0n) is 7.60. The molecule has 2 rings (SSSR count). The Hall–Kier alpha value is 0.730. The molecule has 2 aliphatic rings. The maximum absolute atomic E-state index is 2.64. The largest absolute Gasteiger partial charge is 0.0823 e. The maximum atomic E-state index is 2.64. The molecule has 2 saturated carbocycles. The quantitative estimate of drug-likeness (QED) is 0.464. The van der Waals surface area contributed by atoms with Gasteiger partial charge in [-0.05, 0) is 36.0 Å². The molecule has 0 heterocycles. The highest BCUT2D eigenvalue weighted by molar-refractivity contribution is 14.1. The molecule has 0 aromatic carbocycles. The van der Waals surface area contributed by atoms with Crippen molar-refractivity contribution in [2.24, 2.45) is 23.2 Å². The monoisotopic (exact) mass is 264 g/mol. The lowest BCUT2D eigenvalue weighted by atomic mass is 9.91. The summed E-state index contributed by atoms with van der Waals surface area (Å²) in [6.07, 6.45) is 2.98. The second-order valence-corrected chi connectivity index (χ2v) is 6.60. The molecule has 0 amide bonds. The van der Waals surface area contributed by atoms with Crippen molar-refractivity contribution in [3.63, 3.8) is 0 Å². The Morgan fingerprint density at radius 1 is 1.18 bits per heavy atom. The fraction of sp³-hybridized carbons (Fsp3) is 1.00. The zero-order valence-corrected chi connectivity index (χ0v) is 9.76. The van der Waals surface area contributed by atoms with Crippen molar-refractivity contribution in [3.05, 3.63) is 0 Å². The van der Waals surface area contributed by atoms with Crippen LogP contribution in [0.2, 0.25) is 0 Å². The lowest BCUT2D eigenvalue weighted by Gasteiger charge is -2.22. The Morgan fingerprint density at radius 3 is 2.27 bits per heavy atom. The van der Waals surface area contributed by atoms with E-state index in [2.05, 4.69) is 43.4 Å². The fourth-order valence-corrected chi connectivity index (χ4v) is 3.66. The summed E-state index contributed by atoms with van der Waals surface area (Å²) < 4.78 is 0.954. The number of fused-ring (bicyclic) bond motifs is 1. The van der Waals surface area contributed by atoms with Crippen LogP contribution in [0.15, 0.2) is 0 Å². The van der Waals surface area contributed by atoms with Crippen molar-refractivity contribution >= 4 is 22.6 Å². The van der Waals surface area contributed by atoms with Gasteiger partial charge in [-0.3, -0.25) is 0 Å². The smallest absolute Gasteiger partial charge is 0.0138 e. The van der Waals surface area contributed by atoms with Gasteiger partial charge in [0.05, 0.1) is 0 Å². The topological polar surface area (TPSA) is 0 Å². The van der Waals surface area contributed by atoms with E-state index in [9.17, 15) is 0 Å². The van der Waals surface area contributed by atoms with Crippen LogP contribution in [-0.2, 0) is 0 Å². The molecule has 0 bridgehead atoms. The average Bonchev–Trinajstić information content (AvgIpc) is 2.39. The summed E-state index contributed by atoms with van der Waals surface area (Å²) in [7, 11) is 0. The van der Waals surface area contributed by atoms with Gasteiger partial charge in [0.25, 0.3) is 0 Å². The van der Waals surface area contributed by atoms with E-state index in [0.717, 1.165) is 21.7 Å². The van der Waals surface area contributed by atoms with Gasteiger partial charge in [0.15, 0.2) is 0 Å². The number of hydrogen-bond acceptors (Lipinski definition) is 0. The van der Waals surface area contributed by atoms with Crippen molar-refractivity contribution in [2.75, 3.05) is 0 Å². The number of alkyl halides is 1. The molecule has 0 N–H and O–H groups in total. The summed E-state index contributed by atoms with van der Waals surface area (Å²) in [6, 6.07) is 0. The molecular weight excluding hydrogens is 247 g/mol. The molecular formula is C10H17I. The van der Waals surface area contributed by atoms with E-state index in [4.69, 9.17) is 0 Å². The van der Waals surface area contributed by atoms with Crippen molar-refractivity contribution in [1.29, 1.82) is 0 Å². The first-order chi connectivity index (χ1) is 5.03. The third kappa shape index (κ3) is 1.14.